The van der Waals surface area contributed by atoms with Crippen LogP contribution in [-0.4, -0.2) is 4.98 Å². The van der Waals surface area contributed by atoms with E-state index in [2.05, 4.69) is 4.98 Å². The predicted molar refractivity (Wildman–Crippen MR) is 66.3 cm³/mol. The first-order valence-corrected chi connectivity index (χ1v) is 5.65. The van der Waals surface area contributed by atoms with Gasteiger partial charge in [0.1, 0.15) is 5.82 Å². The van der Waals surface area contributed by atoms with Gasteiger partial charge in [0.25, 0.3) is 0 Å². The number of halogens is 2. The smallest absolute Gasteiger partial charge is 0.146 e. The molecule has 4 heteroatoms. The number of benzene rings is 1. The molecule has 0 bridgehead atoms. The van der Waals surface area contributed by atoms with Crippen molar-refractivity contribution in [2.75, 3.05) is 0 Å². The highest BCUT2D eigenvalue weighted by Gasteiger charge is 2.12. The van der Waals surface area contributed by atoms with Crippen molar-refractivity contribution in [1.82, 2.24) is 4.98 Å². The molecule has 2 aromatic rings. The lowest BCUT2D eigenvalue weighted by Gasteiger charge is -2.11. The number of hydrogen-bond acceptors (Lipinski definition) is 2. The van der Waals surface area contributed by atoms with Gasteiger partial charge >= 0.3 is 0 Å². The molecule has 0 aliphatic rings. The van der Waals surface area contributed by atoms with Crippen LogP contribution in [-0.2, 0) is 6.42 Å². The molecule has 0 saturated heterocycles. The molecule has 88 valence electrons. The van der Waals surface area contributed by atoms with Crippen molar-refractivity contribution in [3.63, 3.8) is 0 Å². The third kappa shape index (κ3) is 3.02. The van der Waals surface area contributed by atoms with Gasteiger partial charge in [0.2, 0.25) is 0 Å². The van der Waals surface area contributed by atoms with E-state index in [-0.39, 0.29) is 5.82 Å². The molecular weight excluding hydrogens is 239 g/mol. The van der Waals surface area contributed by atoms with Crippen molar-refractivity contribution in [3.05, 3.63) is 64.7 Å². The maximum absolute atomic E-state index is 13.4. The first-order valence-electron chi connectivity index (χ1n) is 5.27. The zero-order chi connectivity index (χ0) is 12.3. The Morgan fingerprint density at radius 2 is 1.94 bits per heavy atom. The Kier molecular flexibility index (Phi) is 3.71. The van der Waals surface area contributed by atoms with E-state index in [4.69, 9.17) is 17.3 Å². The molecule has 2 N–H and O–H groups in total. The van der Waals surface area contributed by atoms with E-state index in [9.17, 15) is 4.39 Å². The molecule has 0 spiro atoms. The summed E-state index contributed by atoms with van der Waals surface area (Å²) in [6.45, 7) is 0. The van der Waals surface area contributed by atoms with Crippen LogP contribution in [0.1, 0.15) is 17.3 Å². The van der Waals surface area contributed by atoms with Crippen LogP contribution in [0, 0.1) is 5.82 Å². The van der Waals surface area contributed by atoms with Crippen LogP contribution in [0.15, 0.2) is 42.6 Å². The Hall–Kier alpha value is -1.45. The van der Waals surface area contributed by atoms with E-state index >= 15 is 0 Å². The van der Waals surface area contributed by atoms with Crippen molar-refractivity contribution in [2.45, 2.75) is 12.5 Å². The first-order chi connectivity index (χ1) is 8.16. The third-order valence-corrected chi connectivity index (χ3v) is 2.76. The summed E-state index contributed by atoms with van der Waals surface area (Å²) >= 11 is 5.79. The fraction of sp³-hybridized carbons (Fsp3) is 0.154. The van der Waals surface area contributed by atoms with E-state index in [0.29, 0.717) is 17.1 Å². The number of aromatic nitrogens is 1. The summed E-state index contributed by atoms with van der Waals surface area (Å²) in [4.78, 5) is 3.97. The quantitative estimate of drug-likeness (QED) is 0.909. The molecule has 1 unspecified atom stereocenters. The summed E-state index contributed by atoms with van der Waals surface area (Å²) in [5.41, 5.74) is 7.23. The number of nitrogens with two attached hydrogens (primary N) is 1. The second kappa shape index (κ2) is 5.25. The molecule has 1 aromatic heterocycles. The van der Waals surface area contributed by atoms with Crippen molar-refractivity contribution in [2.24, 2.45) is 5.73 Å². The molecule has 1 atom stereocenters. The zero-order valence-corrected chi connectivity index (χ0v) is 9.86. The van der Waals surface area contributed by atoms with Crippen LogP contribution in [0.25, 0.3) is 0 Å². The van der Waals surface area contributed by atoms with Crippen LogP contribution in [0.4, 0.5) is 4.39 Å². The average Bonchev–Trinajstić information content (AvgIpc) is 2.32. The second-order valence-electron chi connectivity index (χ2n) is 3.81. The maximum Gasteiger partial charge on any atom is 0.146 e. The van der Waals surface area contributed by atoms with E-state index in [1.54, 1.807) is 24.4 Å². The summed E-state index contributed by atoms with van der Waals surface area (Å²) in [6, 6.07) is 9.80. The topological polar surface area (TPSA) is 38.9 Å². The summed E-state index contributed by atoms with van der Waals surface area (Å²) < 4.78 is 13.4. The van der Waals surface area contributed by atoms with Gasteiger partial charge in [-0.1, -0.05) is 23.7 Å². The van der Waals surface area contributed by atoms with Crippen LogP contribution in [0.2, 0.25) is 5.02 Å². The highest BCUT2D eigenvalue weighted by Crippen LogP contribution is 2.18. The minimum atomic E-state index is -0.447. The minimum Gasteiger partial charge on any atom is -0.322 e. The minimum absolute atomic E-state index is 0.294. The molecule has 0 amide bonds. The Labute approximate surface area is 104 Å². The van der Waals surface area contributed by atoms with Crippen molar-refractivity contribution in [3.8, 4) is 0 Å². The van der Waals surface area contributed by atoms with Gasteiger partial charge < -0.3 is 5.73 Å². The van der Waals surface area contributed by atoms with Gasteiger partial charge in [-0.2, -0.15) is 0 Å². The number of rotatable bonds is 3. The molecule has 2 nitrogen and oxygen atoms in total. The Balaban J connectivity index is 2.14. The third-order valence-electron chi connectivity index (χ3n) is 2.51. The van der Waals surface area contributed by atoms with Crippen LogP contribution in [0.3, 0.4) is 0 Å². The van der Waals surface area contributed by atoms with Gasteiger partial charge in [-0.3, -0.25) is 4.98 Å². The highest BCUT2D eigenvalue weighted by molar-refractivity contribution is 6.30. The van der Waals surface area contributed by atoms with Gasteiger partial charge in [-0.15, -0.1) is 0 Å². The van der Waals surface area contributed by atoms with E-state index in [1.807, 2.05) is 12.1 Å². The molecule has 0 fully saturated rings. The molecule has 17 heavy (non-hydrogen) atoms. The zero-order valence-electron chi connectivity index (χ0n) is 9.11. The van der Waals surface area contributed by atoms with Crippen molar-refractivity contribution >= 4 is 11.6 Å². The Bertz CT molecular complexity index is 499. The average molecular weight is 251 g/mol. The predicted octanol–water partition coefficient (Wildman–Crippen LogP) is 3.12. The van der Waals surface area contributed by atoms with Crippen molar-refractivity contribution < 1.29 is 4.39 Å². The lowest BCUT2D eigenvalue weighted by atomic mass is 10.0. The molecule has 0 aliphatic carbocycles. The monoisotopic (exact) mass is 250 g/mol. The molecule has 0 saturated carbocycles. The lowest BCUT2D eigenvalue weighted by Crippen LogP contribution is -2.16. The fourth-order valence-electron chi connectivity index (χ4n) is 1.64. The maximum atomic E-state index is 13.4. The van der Waals surface area contributed by atoms with Gasteiger partial charge in [0.15, 0.2) is 0 Å². The lowest BCUT2D eigenvalue weighted by molar-refractivity contribution is 0.564. The largest absolute Gasteiger partial charge is 0.322 e. The standard InChI is InChI=1S/C13H12ClFN2/c14-10-5-3-9(4-6-10)8-12(16)13-11(15)2-1-7-17-13/h1-7,12H,8,16H2. The van der Waals surface area contributed by atoms with E-state index in [0.717, 1.165) is 5.56 Å². The first kappa shape index (κ1) is 12.0. The summed E-state index contributed by atoms with van der Waals surface area (Å²) in [5.74, 6) is -0.367. The Morgan fingerprint density at radius 1 is 1.24 bits per heavy atom. The Morgan fingerprint density at radius 3 is 2.59 bits per heavy atom. The number of nitrogens with zero attached hydrogens (tertiary/aromatic N) is 1. The molecule has 1 heterocycles. The molecule has 0 aliphatic heterocycles. The molecule has 0 radical (unpaired) electrons. The fourth-order valence-corrected chi connectivity index (χ4v) is 1.77. The SMILES string of the molecule is NC(Cc1ccc(Cl)cc1)c1ncccc1F. The van der Waals surface area contributed by atoms with E-state index < -0.39 is 6.04 Å². The molecule has 2 rings (SSSR count). The molecular formula is C13H12ClFN2. The normalized spacial score (nSPS) is 12.4. The van der Waals surface area contributed by atoms with Gasteiger partial charge in [0.05, 0.1) is 11.7 Å². The molecule has 1 aromatic carbocycles. The number of pyridine rings is 1. The van der Waals surface area contributed by atoms with Crippen LogP contribution in [0.5, 0.6) is 0 Å². The van der Waals surface area contributed by atoms with Crippen molar-refractivity contribution in [1.29, 1.82) is 0 Å². The van der Waals surface area contributed by atoms with Gasteiger partial charge in [0, 0.05) is 11.2 Å². The summed E-state index contributed by atoms with van der Waals surface area (Å²) in [7, 11) is 0. The van der Waals surface area contributed by atoms with Gasteiger partial charge in [-0.25, -0.2) is 4.39 Å². The number of hydrogen-bond donors (Lipinski definition) is 1. The van der Waals surface area contributed by atoms with Crippen LogP contribution < -0.4 is 5.73 Å². The summed E-state index contributed by atoms with van der Waals surface area (Å²) in [5, 5.41) is 0.673. The van der Waals surface area contributed by atoms with Gasteiger partial charge in [-0.05, 0) is 36.2 Å². The highest BCUT2D eigenvalue weighted by atomic mass is 35.5. The summed E-state index contributed by atoms with van der Waals surface area (Å²) in [6.07, 6.45) is 2.07. The van der Waals surface area contributed by atoms with E-state index in [1.165, 1.54) is 6.07 Å². The second-order valence-corrected chi connectivity index (χ2v) is 4.24. The van der Waals surface area contributed by atoms with Crippen LogP contribution >= 0.6 is 11.6 Å².